The summed E-state index contributed by atoms with van der Waals surface area (Å²) in [5.74, 6) is 0.999. The smallest absolute Gasteiger partial charge is 0.316 e. The molecule has 0 spiro atoms. The number of benzene rings is 12. The van der Waals surface area contributed by atoms with Crippen molar-refractivity contribution in [3.05, 3.63) is 327 Å². The first-order valence-electron chi connectivity index (χ1n) is 29.7. The van der Waals surface area contributed by atoms with Crippen molar-refractivity contribution in [2.45, 2.75) is 12.6 Å². The average molecular weight is 1120 g/mol. The second kappa shape index (κ2) is 22.0. The molecule has 16 rings (SSSR count). The molecule has 0 bridgehead atoms. The summed E-state index contributed by atoms with van der Waals surface area (Å²) < 4.78 is 12.4. The molecule has 14 aromatic rings. The summed E-state index contributed by atoms with van der Waals surface area (Å²) in [5, 5.41) is 2.57. The van der Waals surface area contributed by atoms with Gasteiger partial charge in [0.2, 0.25) is 0 Å². The van der Waals surface area contributed by atoms with Crippen LogP contribution in [-0.2, 0) is 17.2 Å². The molecule has 0 N–H and O–H groups in total. The lowest BCUT2D eigenvalue weighted by atomic mass is 9.51. The number of rotatable bonds is 11. The molecule has 0 saturated heterocycles. The van der Waals surface area contributed by atoms with Gasteiger partial charge in [0.1, 0.15) is 5.82 Å². The van der Waals surface area contributed by atoms with E-state index in [0.717, 1.165) is 91.2 Å². The lowest BCUT2D eigenvalue weighted by Gasteiger charge is -2.42. The van der Waals surface area contributed by atoms with Crippen LogP contribution in [0.1, 0.15) is 11.1 Å². The number of thiophene rings is 1. The monoisotopic (exact) mass is 1120 g/mol. The molecule has 0 atom stereocenters. The van der Waals surface area contributed by atoms with Gasteiger partial charge in [0.15, 0.2) is 0 Å². The third-order valence-corrected chi connectivity index (χ3v) is 18.4. The van der Waals surface area contributed by atoms with E-state index in [1.807, 2.05) is 11.3 Å². The molecule has 0 aliphatic carbocycles. The van der Waals surface area contributed by atoms with Gasteiger partial charge in [0.05, 0.1) is 34.1 Å². The highest BCUT2D eigenvalue weighted by molar-refractivity contribution is 7.25. The van der Waals surface area contributed by atoms with E-state index in [9.17, 15) is 0 Å². The fraction of sp³-hybridized carbons (Fsp3) is 0.0256. The van der Waals surface area contributed by atoms with Crippen molar-refractivity contribution in [1.82, 2.24) is 4.57 Å². The fourth-order valence-electron chi connectivity index (χ4n) is 13.3. The van der Waals surface area contributed by atoms with Crippen LogP contribution in [0.2, 0.25) is 0 Å². The molecule has 0 radical (unpaired) electrons. The number of hydrogen-bond acceptors (Lipinski definition) is 5. The SMILES string of the molecule is c1ccc(B2Cc3cccc(-c4cc(N(c5ccc(-c6ccccc6)cc5)c5ccc(-c6ccc7c(c6)sc6ccccc67)n5-c5ccccc5)cc5c4N(c4ccccc4)c4ccccc4N5c4ccccc4)c3CB(c3ccccc3)O2)cc1. The Kier molecular flexibility index (Phi) is 13.1. The topological polar surface area (TPSA) is 23.9 Å². The molecule has 8 heteroatoms. The molecule has 0 saturated carbocycles. The second-order valence-corrected chi connectivity index (χ2v) is 23.4. The van der Waals surface area contributed by atoms with E-state index in [1.54, 1.807) is 0 Å². The first-order chi connectivity index (χ1) is 42.7. The van der Waals surface area contributed by atoms with Crippen molar-refractivity contribution in [2.24, 2.45) is 0 Å². The van der Waals surface area contributed by atoms with Crippen molar-refractivity contribution in [2.75, 3.05) is 14.7 Å². The molecule has 2 aromatic heterocycles. The van der Waals surface area contributed by atoms with Crippen LogP contribution >= 0.6 is 11.3 Å². The van der Waals surface area contributed by atoms with E-state index < -0.39 is 0 Å². The summed E-state index contributed by atoms with van der Waals surface area (Å²) in [6, 6.07) is 115. The first kappa shape index (κ1) is 51.3. The van der Waals surface area contributed by atoms with Crippen LogP contribution in [0.5, 0.6) is 0 Å². The van der Waals surface area contributed by atoms with Gasteiger partial charge >= 0.3 is 13.8 Å². The molecule has 0 amide bonds. The van der Waals surface area contributed by atoms with Crippen LogP contribution in [0.3, 0.4) is 0 Å². The minimum Gasteiger partial charge on any atom is -0.491 e. The minimum absolute atomic E-state index is 0.159. The maximum atomic E-state index is 7.40. The van der Waals surface area contributed by atoms with E-state index in [0.29, 0.717) is 6.32 Å². The second-order valence-electron chi connectivity index (χ2n) is 22.3. The lowest BCUT2D eigenvalue weighted by Crippen LogP contribution is -2.45. The van der Waals surface area contributed by atoms with E-state index in [-0.39, 0.29) is 13.8 Å². The van der Waals surface area contributed by atoms with Crippen LogP contribution in [0.15, 0.2) is 315 Å². The Morgan fingerprint density at radius 1 is 0.360 bits per heavy atom. The Morgan fingerprint density at radius 2 is 0.907 bits per heavy atom. The predicted octanol–water partition coefficient (Wildman–Crippen LogP) is 19.6. The average Bonchev–Trinajstić information content (AvgIpc) is 1.18. The zero-order valence-electron chi connectivity index (χ0n) is 47.2. The molecule has 4 heterocycles. The Bertz CT molecular complexity index is 4750. The van der Waals surface area contributed by atoms with Gasteiger partial charge in [-0.3, -0.25) is 9.47 Å². The van der Waals surface area contributed by atoms with E-state index in [2.05, 4.69) is 335 Å². The van der Waals surface area contributed by atoms with Gasteiger partial charge in [-0.15, -0.1) is 11.3 Å². The van der Waals surface area contributed by atoms with Crippen molar-refractivity contribution >= 4 is 108 Å². The Balaban J connectivity index is 1.00. The van der Waals surface area contributed by atoms with E-state index >= 15 is 0 Å². The van der Waals surface area contributed by atoms with E-state index in [1.165, 1.54) is 47.9 Å². The number of para-hydroxylation sites is 5. The number of fused-ring (bicyclic) bond motifs is 6. The molecule has 406 valence electrons. The maximum absolute atomic E-state index is 7.40. The summed E-state index contributed by atoms with van der Waals surface area (Å²) in [6.45, 7) is -0.373. The number of anilines is 9. The maximum Gasteiger partial charge on any atom is 0.316 e. The van der Waals surface area contributed by atoms with Gasteiger partial charge in [-0.25, -0.2) is 0 Å². The third kappa shape index (κ3) is 9.19. The van der Waals surface area contributed by atoms with Crippen molar-refractivity contribution in [1.29, 1.82) is 0 Å². The quantitative estimate of drug-likeness (QED) is 0.120. The molecular weight excluding hydrogens is 1060 g/mol. The summed E-state index contributed by atoms with van der Waals surface area (Å²) >= 11 is 1.86. The van der Waals surface area contributed by atoms with Gasteiger partial charge in [-0.05, 0) is 148 Å². The number of nitrogens with zero attached hydrogens (tertiary/aromatic N) is 4. The van der Waals surface area contributed by atoms with Gasteiger partial charge in [0, 0.05) is 54.0 Å². The Labute approximate surface area is 506 Å². The largest absolute Gasteiger partial charge is 0.491 e. The summed E-state index contributed by atoms with van der Waals surface area (Å²) in [6.07, 6.45) is 1.40. The fourth-order valence-corrected chi connectivity index (χ4v) is 14.4. The summed E-state index contributed by atoms with van der Waals surface area (Å²) in [7, 11) is 0. The Hall–Kier alpha value is -10.4. The van der Waals surface area contributed by atoms with Gasteiger partial charge in [-0.1, -0.05) is 218 Å². The highest BCUT2D eigenvalue weighted by atomic mass is 32.1. The van der Waals surface area contributed by atoms with Gasteiger partial charge < -0.3 is 14.4 Å². The molecule has 12 aromatic carbocycles. The predicted molar refractivity (Wildman–Crippen MR) is 365 cm³/mol. The Morgan fingerprint density at radius 3 is 1.59 bits per heavy atom. The molecular formula is C78H56B2N4OS. The normalized spacial score (nSPS) is 12.9. The lowest BCUT2D eigenvalue weighted by molar-refractivity contribution is 0.607. The van der Waals surface area contributed by atoms with Crippen LogP contribution in [0.25, 0.3) is 59.4 Å². The standard InChI is InChI=1S/C78H56B2N4OS/c1-7-24-55(25-8-1)56-42-45-64(46-43-56)81(77-49-48-71(83(77)62-33-15-5-16-34-62)57-44-47-68-67-37-19-22-41-75(67)86-76(68)50-57)65-51-69(66-38-23-26-58-53-79(59-27-9-2-10-28-59)85-80(54-70(58)66)60-29-11-3-12-30-60)78-74(52-65)82(61-31-13-4-14-32-61)72-39-20-21-40-73(72)84(78)63-35-17-6-18-36-63/h1-52H,53-54H2. The van der Waals surface area contributed by atoms with E-state index in [4.69, 9.17) is 4.57 Å². The third-order valence-electron chi connectivity index (χ3n) is 17.2. The van der Waals surface area contributed by atoms with Crippen LogP contribution in [0.4, 0.5) is 51.3 Å². The van der Waals surface area contributed by atoms with Crippen molar-refractivity contribution < 1.29 is 4.57 Å². The number of aromatic nitrogens is 1. The minimum atomic E-state index is -0.214. The molecule has 0 fully saturated rings. The van der Waals surface area contributed by atoms with Crippen LogP contribution < -0.4 is 25.6 Å². The number of hydrogen-bond donors (Lipinski definition) is 0. The molecule has 86 heavy (non-hydrogen) atoms. The van der Waals surface area contributed by atoms with Crippen LogP contribution in [0, 0.1) is 0 Å². The highest BCUT2D eigenvalue weighted by Crippen LogP contribution is 2.59. The summed E-state index contributed by atoms with van der Waals surface area (Å²) in [4.78, 5) is 7.48. The van der Waals surface area contributed by atoms with Crippen LogP contribution in [-0.4, -0.2) is 18.4 Å². The zero-order chi connectivity index (χ0) is 56.9. The van der Waals surface area contributed by atoms with Gasteiger partial charge in [0.25, 0.3) is 0 Å². The highest BCUT2D eigenvalue weighted by Gasteiger charge is 2.38. The van der Waals surface area contributed by atoms with Gasteiger partial charge in [-0.2, -0.15) is 0 Å². The zero-order valence-corrected chi connectivity index (χ0v) is 48.0. The molecule has 5 nitrogen and oxygen atoms in total. The molecule has 0 unspecified atom stereocenters. The summed E-state index contributed by atoms with van der Waals surface area (Å²) in [5.41, 5.74) is 21.3. The van der Waals surface area contributed by atoms with Crippen molar-refractivity contribution in [3.63, 3.8) is 0 Å². The van der Waals surface area contributed by atoms with Crippen molar-refractivity contribution in [3.8, 4) is 39.2 Å². The molecule has 2 aliphatic rings. The molecule has 2 aliphatic heterocycles. The first-order valence-corrected chi connectivity index (χ1v) is 30.5.